The molecule has 9 heteroatoms. The average molecular weight is 566 g/mol. The lowest BCUT2D eigenvalue weighted by atomic mass is 9.99. The summed E-state index contributed by atoms with van der Waals surface area (Å²) in [6.45, 7) is 3.21. The number of fused-ring (bicyclic) bond motifs is 1. The van der Waals surface area contributed by atoms with Gasteiger partial charge < -0.3 is 10.6 Å². The fourth-order valence-corrected chi connectivity index (χ4v) is 6.31. The monoisotopic (exact) mass is 565 g/mol. The third kappa shape index (κ3) is 6.01. The number of benzene rings is 3. The number of hydrogen-bond donors (Lipinski definition) is 3. The maximum absolute atomic E-state index is 13.4. The first kappa shape index (κ1) is 26.7. The first-order chi connectivity index (χ1) is 20.0. The van der Waals surface area contributed by atoms with E-state index < -0.39 is 10.0 Å². The summed E-state index contributed by atoms with van der Waals surface area (Å²) in [5, 5.41) is 6.42. The van der Waals surface area contributed by atoms with Crippen molar-refractivity contribution < 1.29 is 13.2 Å². The molecule has 41 heavy (non-hydrogen) atoms. The van der Waals surface area contributed by atoms with E-state index in [0.29, 0.717) is 28.2 Å². The molecule has 0 saturated carbocycles. The Morgan fingerprint density at radius 1 is 0.878 bits per heavy atom. The molecule has 3 aromatic carbocycles. The van der Waals surface area contributed by atoms with Crippen LogP contribution in [0.2, 0.25) is 0 Å². The highest BCUT2D eigenvalue weighted by Crippen LogP contribution is 2.39. The molecule has 0 aliphatic carbocycles. The summed E-state index contributed by atoms with van der Waals surface area (Å²) < 4.78 is 28.5. The molecule has 0 radical (unpaired) electrons. The van der Waals surface area contributed by atoms with Gasteiger partial charge in [0.05, 0.1) is 11.3 Å². The normalized spacial score (nSPS) is 16.5. The van der Waals surface area contributed by atoms with Gasteiger partial charge in [-0.3, -0.25) is 19.4 Å². The number of carbonyl (C=O) groups is 1. The van der Waals surface area contributed by atoms with Crippen molar-refractivity contribution in [3.63, 3.8) is 0 Å². The molecule has 1 fully saturated rings. The number of sulfonamides is 1. The molecule has 0 spiro atoms. The predicted octanol–water partition coefficient (Wildman–Crippen LogP) is 5.80. The standard InChI is InChI=1S/C32H31N5O3S/c38-32-30(28-20-26(15-16-29(28)35-32)36-41(39,40)27-10-7-17-33-21-27)31(24-8-3-1-4-9-24)34-25-13-11-23(12-14-25)22-37-18-5-2-6-19-37/h1,3-4,7-17,20-21,34,36H,2,5-6,18-19,22H2,(H,35,38). The Hall–Kier alpha value is -4.47. The van der Waals surface area contributed by atoms with E-state index in [-0.39, 0.29) is 10.8 Å². The number of nitrogens with zero attached hydrogens (tertiary/aromatic N) is 2. The van der Waals surface area contributed by atoms with Crippen LogP contribution >= 0.6 is 0 Å². The summed E-state index contributed by atoms with van der Waals surface area (Å²) in [7, 11) is -3.85. The number of aromatic nitrogens is 1. The van der Waals surface area contributed by atoms with Crippen LogP contribution in [0.3, 0.4) is 0 Å². The average Bonchev–Trinajstić information content (AvgIpc) is 3.32. The molecule has 8 nitrogen and oxygen atoms in total. The van der Waals surface area contributed by atoms with E-state index in [0.717, 1.165) is 30.9 Å². The van der Waals surface area contributed by atoms with Crippen LogP contribution in [0.4, 0.5) is 17.1 Å². The molecule has 0 unspecified atom stereocenters. The van der Waals surface area contributed by atoms with Crippen molar-refractivity contribution in [2.24, 2.45) is 0 Å². The molecular formula is C32H31N5O3S. The molecule has 3 heterocycles. The van der Waals surface area contributed by atoms with Gasteiger partial charge in [-0.05, 0) is 79.5 Å². The molecule has 4 aromatic rings. The van der Waals surface area contributed by atoms with E-state index in [1.165, 1.54) is 43.3 Å². The van der Waals surface area contributed by atoms with Gasteiger partial charge in [-0.1, -0.05) is 48.9 Å². The minimum absolute atomic E-state index is 0.0563. The van der Waals surface area contributed by atoms with Gasteiger partial charge in [0.1, 0.15) is 4.90 Å². The second-order valence-electron chi connectivity index (χ2n) is 10.3. The van der Waals surface area contributed by atoms with Gasteiger partial charge in [-0.15, -0.1) is 0 Å². The van der Waals surface area contributed by atoms with Gasteiger partial charge in [0.2, 0.25) is 0 Å². The molecule has 2 aliphatic rings. The quantitative estimate of drug-likeness (QED) is 0.233. The Morgan fingerprint density at radius 2 is 1.63 bits per heavy atom. The summed E-state index contributed by atoms with van der Waals surface area (Å²) in [5.74, 6) is -0.264. The topological polar surface area (TPSA) is 103 Å². The zero-order valence-corrected chi connectivity index (χ0v) is 23.3. The number of piperidine rings is 1. The van der Waals surface area contributed by atoms with E-state index in [4.69, 9.17) is 0 Å². The first-order valence-electron chi connectivity index (χ1n) is 13.7. The van der Waals surface area contributed by atoms with Gasteiger partial charge >= 0.3 is 0 Å². The second kappa shape index (κ2) is 11.6. The van der Waals surface area contributed by atoms with Crippen LogP contribution in [0.5, 0.6) is 0 Å². The van der Waals surface area contributed by atoms with Crippen LogP contribution in [0, 0.1) is 0 Å². The number of hydrogen-bond acceptors (Lipinski definition) is 6. The Kier molecular flexibility index (Phi) is 7.54. The van der Waals surface area contributed by atoms with E-state index in [9.17, 15) is 13.2 Å². The number of likely N-dealkylation sites (tertiary alicyclic amines) is 1. The van der Waals surface area contributed by atoms with Crippen molar-refractivity contribution in [3.8, 4) is 0 Å². The number of nitrogens with one attached hydrogen (secondary N) is 3. The summed E-state index contributed by atoms with van der Waals surface area (Å²) in [4.78, 5) is 19.8. The van der Waals surface area contributed by atoms with Gasteiger partial charge in [0.15, 0.2) is 0 Å². The SMILES string of the molecule is O=C1Nc2ccc(NS(=O)(=O)c3cccnc3)cc2C1=C(Nc1ccc(CN2CCCCC2)cc1)c1ccccc1. The largest absolute Gasteiger partial charge is 0.354 e. The van der Waals surface area contributed by atoms with Crippen molar-refractivity contribution in [2.45, 2.75) is 30.7 Å². The number of rotatable bonds is 8. The Labute approximate surface area is 240 Å². The molecule has 6 rings (SSSR count). The van der Waals surface area contributed by atoms with Crippen molar-refractivity contribution in [1.29, 1.82) is 0 Å². The highest BCUT2D eigenvalue weighted by molar-refractivity contribution is 7.92. The minimum atomic E-state index is -3.85. The van der Waals surface area contributed by atoms with Crippen LogP contribution in [0.25, 0.3) is 11.3 Å². The van der Waals surface area contributed by atoms with Crippen molar-refractivity contribution >= 4 is 44.3 Å². The number of carbonyl (C=O) groups excluding carboxylic acids is 1. The first-order valence-corrected chi connectivity index (χ1v) is 15.2. The molecule has 1 amide bonds. The summed E-state index contributed by atoms with van der Waals surface area (Å²) >= 11 is 0. The van der Waals surface area contributed by atoms with Gasteiger partial charge in [0, 0.05) is 41.6 Å². The number of amides is 1. The molecule has 0 atom stereocenters. The summed E-state index contributed by atoms with van der Waals surface area (Å²) in [5.41, 5.74) is 5.58. The van der Waals surface area contributed by atoms with Gasteiger partial charge in [0.25, 0.3) is 15.9 Å². The number of pyridine rings is 1. The van der Waals surface area contributed by atoms with Crippen molar-refractivity contribution in [1.82, 2.24) is 9.88 Å². The molecule has 208 valence electrons. The van der Waals surface area contributed by atoms with E-state index >= 15 is 0 Å². The molecule has 1 saturated heterocycles. The van der Waals surface area contributed by atoms with E-state index in [1.807, 2.05) is 42.5 Å². The molecule has 2 aliphatic heterocycles. The van der Waals surface area contributed by atoms with Crippen molar-refractivity contribution in [2.75, 3.05) is 28.4 Å². The Morgan fingerprint density at radius 3 is 2.37 bits per heavy atom. The van der Waals surface area contributed by atoms with Crippen LogP contribution in [0.15, 0.2) is 102 Å². The second-order valence-corrected chi connectivity index (χ2v) is 12.0. The predicted molar refractivity (Wildman–Crippen MR) is 163 cm³/mol. The third-order valence-corrected chi connectivity index (χ3v) is 8.72. The zero-order chi connectivity index (χ0) is 28.2. The maximum atomic E-state index is 13.4. The highest BCUT2D eigenvalue weighted by Gasteiger charge is 2.29. The van der Waals surface area contributed by atoms with Crippen LogP contribution in [-0.4, -0.2) is 37.3 Å². The highest BCUT2D eigenvalue weighted by atomic mass is 32.2. The van der Waals surface area contributed by atoms with Gasteiger partial charge in [-0.25, -0.2) is 8.42 Å². The maximum Gasteiger partial charge on any atom is 0.263 e. The minimum Gasteiger partial charge on any atom is -0.354 e. The third-order valence-electron chi connectivity index (χ3n) is 7.35. The smallest absolute Gasteiger partial charge is 0.263 e. The lowest BCUT2D eigenvalue weighted by Gasteiger charge is -2.26. The van der Waals surface area contributed by atoms with Crippen LogP contribution in [-0.2, 0) is 21.4 Å². The van der Waals surface area contributed by atoms with Gasteiger partial charge in [-0.2, -0.15) is 0 Å². The number of anilines is 3. The zero-order valence-electron chi connectivity index (χ0n) is 22.5. The van der Waals surface area contributed by atoms with E-state index in [2.05, 4.69) is 37.4 Å². The Balaban J connectivity index is 1.34. The Bertz CT molecular complexity index is 1680. The van der Waals surface area contributed by atoms with Crippen LogP contribution < -0.4 is 15.4 Å². The molecule has 0 bridgehead atoms. The fourth-order valence-electron chi connectivity index (χ4n) is 5.30. The van der Waals surface area contributed by atoms with Crippen molar-refractivity contribution in [3.05, 3.63) is 114 Å². The molecular weight excluding hydrogens is 534 g/mol. The molecule has 3 N–H and O–H groups in total. The summed E-state index contributed by atoms with van der Waals surface area (Å²) in [6, 6.07) is 26.1. The summed E-state index contributed by atoms with van der Waals surface area (Å²) in [6.07, 6.45) is 6.63. The van der Waals surface area contributed by atoms with Crippen LogP contribution in [0.1, 0.15) is 36.0 Å². The fraction of sp³-hybridized carbons (Fsp3) is 0.188. The lowest BCUT2D eigenvalue weighted by molar-refractivity contribution is -0.110. The lowest BCUT2D eigenvalue weighted by Crippen LogP contribution is -2.29. The molecule has 1 aromatic heterocycles. The van der Waals surface area contributed by atoms with E-state index in [1.54, 1.807) is 24.3 Å².